The van der Waals surface area contributed by atoms with Crippen LogP contribution in [-0.4, -0.2) is 19.9 Å². The first-order valence-corrected chi connectivity index (χ1v) is 3.63. The highest BCUT2D eigenvalue weighted by Gasteiger charge is 2.16. The highest BCUT2D eigenvalue weighted by Crippen LogP contribution is 2.25. The Hall–Kier alpha value is -1.78. The Balaban J connectivity index is 2.58. The van der Waals surface area contributed by atoms with E-state index in [1.165, 1.54) is 12.7 Å². The fraction of sp³-hybridized carbons (Fsp3) is 0.143. The normalized spacial score (nSPS) is 13.3. The maximum Gasteiger partial charge on any atom is 0.168 e. The molecule has 0 bridgehead atoms. The zero-order valence-corrected chi connectivity index (χ0v) is 6.15. The van der Waals surface area contributed by atoms with Gasteiger partial charge in [-0.25, -0.2) is 19.9 Å². The SMILES string of the molecule is c1nc2c3c(ncnc3n1)NC2. The molecule has 5 nitrogen and oxygen atoms in total. The molecular weight excluding hydrogens is 154 g/mol. The Morgan fingerprint density at radius 2 is 1.92 bits per heavy atom. The number of hydrogen-bond donors (Lipinski definition) is 1. The van der Waals surface area contributed by atoms with Crippen LogP contribution < -0.4 is 5.32 Å². The van der Waals surface area contributed by atoms with Crippen LogP contribution in [-0.2, 0) is 6.54 Å². The molecule has 3 heterocycles. The van der Waals surface area contributed by atoms with Gasteiger partial charge in [-0.15, -0.1) is 0 Å². The zero-order valence-electron chi connectivity index (χ0n) is 6.15. The van der Waals surface area contributed by atoms with E-state index in [0.29, 0.717) is 0 Å². The van der Waals surface area contributed by atoms with Crippen molar-refractivity contribution in [2.45, 2.75) is 6.54 Å². The molecule has 12 heavy (non-hydrogen) atoms. The Morgan fingerprint density at radius 1 is 1.08 bits per heavy atom. The lowest BCUT2D eigenvalue weighted by molar-refractivity contribution is 1.07. The van der Waals surface area contributed by atoms with Crippen LogP contribution in [0.15, 0.2) is 12.7 Å². The summed E-state index contributed by atoms with van der Waals surface area (Å²) in [6.07, 6.45) is 3.04. The van der Waals surface area contributed by atoms with Crippen molar-refractivity contribution in [2.24, 2.45) is 0 Å². The first-order valence-electron chi connectivity index (χ1n) is 3.63. The number of nitrogens with one attached hydrogen (secondary N) is 1. The molecule has 0 aromatic carbocycles. The van der Waals surface area contributed by atoms with E-state index in [2.05, 4.69) is 25.3 Å². The van der Waals surface area contributed by atoms with Crippen molar-refractivity contribution in [3.63, 3.8) is 0 Å². The number of hydrogen-bond acceptors (Lipinski definition) is 5. The van der Waals surface area contributed by atoms with Gasteiger partial charge in [-0.2, -0.15) is 0 Å². The summed E-state index contributed by atoms with van der Waals surface area (Å²) >= 11 is 0. The monoisotopic (exact) mass is 159 g/mol. The van der Waals surface area contributed by atoms with Crippen LogP contribution in [0.1, 0.15) is 5.69 Å². The number of nitrogens with zero attached hydrogens (tertiary/aromatic N) is 4. The molecule has 1 aliphatic heterocycles. The van der Waals surface area contributed by atoms with Gasteiger partial charge in [-0.3, -0.25) is 0 Å². The largest absolute Gasteiger partial charge is 0.364 e. The van der Waals surface area contributed by atoms with E-state index >= 15 is 0 Å². The van der Waals surface area contributed by atoms with Crippen molar-refractivity contribution in [1.29, 1.82) is 0 Å². The van der Waals surface area contributed by atoms with Gasteiger partial charge >= 0.3 is 0 Å². The van der Waals surface area contributed by atoms with Gasteiger partial charge in [0.1, 0.15) is 18.5 Å². The van der Waals surface area contributed by atoms with Gasteiger partial charge < -0.3 is 5.32 Å². The quantitative estimate of drug-likeness (QED) is 0.600. The molecule has 3 rings (SSSR count). The fourth-order valence-electron chi connectivity index (χ4n) is 1.39. The van der Waals surface area contributed by atoms with Crippen molar-refractivity contribution >= 4 is 16.9 Å². The van der Waals surface area contributed by atoms with Crippen LogP contribution in [0.3, 0.4) is 0 Å². The Labute approximate surface area is 67.9 Å². The van der Waals surface area contributed by atoms with Crippen LogP contribution in [0.25, 0.3) is 11.0 Å². The summed E-state index contributed by atoms with van der Waals surface area (Å²) in [5.74, 6) is 0.843. The second-order valence-corrected chi connectivity index (χ2v) is 2.59. The van der Waals surface area contributed by atoms with Crippen molar-refractivity contribution in [3.05, 3.63) is 18.3 Å². The second-order valence-electron chi connectivity index (χ2n) is 2.59. The first kappa shape index (κ1) is 5.82. The van der Waals surface area contributed by atoms with Gasteiger partial charge in [0.25, 0.3) is 0 Å². The standard InChI is InChI=1S/C7H5N5/c1-4-5-6(8-1)11-3-12-7(5)10-2-9-4/h2-3H,1H2,(H,8,9,10,11,12). The van der Waals surface area contributed by atoms with Gasteiger partial charge in [-0.1, -0.05) is 0 Å². The molecule has 0 fully saturated rings. The summed E-state index contributed by atoms with van der Waals surface area (Å²) in [7, 11) is 0. The van der Waals surface area contributed by atoms with E-state index in [9.17, 15) is 0 Å². The van der Waals surface area contributed by atoms with E-state index in [1.54, 1.807) is 0 Å². The van der Waals surface area contributed by atoms with Crippen LogP contribution in [0.2, 0.25) is 0 Å². The molecule has 58 valence electrons. The molecule has 1 aliphatic rings. The van der Waals surface area contributed by atoms with E-state index in [-0.39, 0.29) is 0 Å². The number of rotatable bonds is 0. The van der Waals surface area contributed by atoms with Gasteiger partial charge in [0.15, 0.2) is 5.65 Å². The third-order valence-electron chi connectivity index (χ3n) is 1.93. The first-order chi connectivity index (χ1) is 5.95. The van der Waals surface area contributed by atoms with Crippen molar-refractivity contribution in [2.75, 3.05) is 5.32 Å². The predicted octanol–water partition coefficient (Wildman–Crippen LogP) is 0.345. The van der Waals surface area contributed by atoms with Crippen LogP contribution in [0, 0.1) is 0 Å². The minimum absolute atomic E-state index is 0.718. The van der Waals surface area contributed by atoms with Gasteiger partial charge in [0.2, 0.25) is 0 Å². The molecule has 0 spiro atoms. The predicted molar refractivity (Wildman–Crippen MR) is 42.5 cm³/mol. The topological polar surface area (TPSA) is 63.6 Å². The van der Waals surface area contributed by atoms with E-state index in [4.69, 9.17) is 0 Å². The fourth-order valence-corrected chi connectivity index (χ4v) is 1.39. The molecule has 1 N–H and O–H groups in total. The summed E-state index contributed by atoms with van der Waals surface area (Å²) in [6, 6.07) is 0. The van der Waals surface area contributed by atoms with Crippen molar-refractivity contribution in [3.8, 4) is 0 Å². The molecule has 0 atom stereocenters. The third-order valence-corrected chi connectivity index (χ3v) is 1.93. The summed E-state index contributed by atoms with van der Waals surface area (Å²) < 4.78 is 0. The van der Waals surface area contributed by atoms with Crippen LogP contribution >= 0.6 is 0 Å². The molecule has 5 heteroatoms. The molecule has 0 unspecified atom stereocenters. The zero-order chi connectivity index (χ0) is 7.97. The molecule has 0 amide bonds. The summed E-state index contributed by atoms with van der Waals surface area (Å²) in [5, 5.41) is 4.08. The Bertz CT molecular complexity index is 414. The number of anilines is 1. The lowest BCUT2D eigenvalue weighted by atomic mass is 10.3. The highest BCUT2D eigenvalue weighted by molar-refractivity contribution is 5.90. The molecule has 0 saturated heterocycles. The lowest BCUT2D eigenvalue weighted by Crippen LogP contribution is -1.91. The van der Waals surface area contributed by atoms with Gasteiger partial charge in [0, 0.05) is 0 Å². The lowest BCUT2D eigenvalue weighted by Gasteiger charge is -1.94. The minimum atomic E-state index is 0.718. The van der Waals surface area contributed by atoms with Gasteiger partial charge in [-0.05, 0) is 0 Å². The molecule has 0 saturated carbocycles. The molecule has 2 aromatic rings. The minimum Gasteiger partial charge on any atom is -0.364 e. The van der Waals surface area contributed by atoms with E-state index in [0.717, 1.165) is 29.1 Å². The summed E-state index contributed by atoms with van der Waals surface area (Å²) in [6.45, 7) is 0.729. The van der Waals surface area contributed by atoms with Crippen molar-refractivity contribution < 1.29 is 0 Å². The van der Waals surface area contributed by atoms with Gasteiger partial charge in [0.05, 0.1) is 17.6 Å². The third kappa shape index (κ3) is 0.578. The average Bonchev–Trinajstić information content (AvgIpc) is 2.52. The summed E-state index contributed by atoms with van der Waals surface area (Å²) in [5.41, 5.74) is 1.70. The number of aromatic nitrogens is 4. The van der Waals surface area contributed by atoms with Crippen LogP contribution in [0.4, 0.5) is 5.82 Å². The maximum atomic E-state index is 4.12. The second kappa shape index (κ2) is 1.88. The molecule has 0 radical (unpaired) electrons. The molecule has 2 aromatic heterocycles. The molecular formula is C7H5N5. The van der Waals surface area contributed by atoms with Crippen molar-refractivity contribution in [1.82, 2.24) is 19.9 Å². The van der Waals surface area contributed by atoms with Crippen LogP contribution in [0.5, 0.6) is 0 Å². The maximum absolute atomic E-state index is 4.12. The highest BCUT2D eigenvalue weighted by atomic mass is 15.1. The average molecular weight is 159 g/mol. The Kier molecular flexibility index (Phi) is 0.910. The summed E-state index contributed by atoms with van der Waals surface area (Å²) in [4.78, 5) is 16.3. The van der Waals surface area contributed by atoms with E-state index < -0.39 is 0 Å². The smallest absolute Gasteiger partial charge is 0.168 e. The Morgan fingerprint density at radius 3 is 2.83 bits per heavy atom. The van der Waals surface area contributed by atoms with E-state index in [1.807, 2.05) is 0 Å². The molecule has 0 aliphatic carbocycles.